The van der Waals surface area contributed by atoms with Crippen molar-refractivity contribution in [3.8, 4) is 11.5 Å². The van der Waals surface area contributed by atoms with Crippen LogP contribution in [0, 0.1) is 0 Å². The van der Waals surface area contributed by atoms with E-state index in [9.17, 15) is 9.59 Å². The molecule has 5 rings (SSSR count). The second-order valence-electron chi connectivity index (χ2n) is 9.39. The summed E-state index contributed by atoms with van der Waals surface area (Å²) in [4.78, 5) is 35.5. The Morgan fingerprint density at radius 2 is 1.82 bits per heavy atom. The molecule has 0 radical (unpaired) electrons. The molecule has 0 saturated heterocycles. The highest BCUT2D eigenvalue weighted by molar-refractivity contribution is 8.16. The molecule has 1 atom stereocenters. The van der Waals surface area contributed by atoms with Gasteiger partial charge in [0.1, 0.15) is 17.3 Å². The Morgan fingerprint density at radius 3 is 2.55 bits per heavy atom. The fourth-order valence-corrected chi connectivity index (χ4v) is 5.80. The summed E-state index contributed by atoms with van der Waals surface area (Å²) in [6.07, 6.45) is 1.71. The molecule has 8 nitrogen and oxygen atoms in total. The molecule has 2 aliphatic rings. The van der Waals surface area contributed by atoms with Crippen molar-refractivity contribution in [3.63, 3.8) is 0 Å². The number of furan rings is 1. The number of fused-ring (bicyclic) bond motifs is 1. The molecule has 1 unspecified atom stereocenters. The number of benzene rings is 2. The van der Waals surface area contributed by atoms with Crippen molar-refractivity contribution in [2.24, 2.45) is 4.99 Å². The van der Waals surface area contributed by atoms with Gasteiger partial charge in [-0.1, -0.05) is 42.1 Å². The van der Waals surface area contributed by atoms with Crippen LogP contribution < -0.4 is 10.1 Å². The molecule has 2 aromatic carbocycles. The van der Waals surface area contributed by atoms with Gasteiger partial charge in [-0.15, -0.1) is 0 Å². The van der Waals surface area contributed by atoms with Crippen molar-refractivity contribution in [1.29, 1.82) is 0 Å². The first-order valence-corrected chi connectivity index (χ1v) is 14.2. The first kappa shape index (κ1) is 27.3. The van der Waals surface area contributed by atoms with Gasteiger partial charge >= 0.3 is 0 Å². The number of ether oxygens (including phenoxy) is 1. The lowest BCUT2D eigenvalue weighted by molar-refractivity contribution is -0.127. The van der Waals surface area contributed by atoms with Crippen LogP contribution in [0.4, 0.5) is 0 Å². The van der Waals surface area contributed by atoms with Gasteiger partial charge in [-0.3, -0.25) is 9.59 Å². The minimum Gasteiger partial charge on any atom is -0.467 e. The molecule has 0 saturated carbocycles. The van der Waals surface area contributed by atoms with Crippen LogP contribution in [0.5, 0.6) is 11.5 Å². The summed E-state index contributed by atoms with van der Waals surface area (Å²) in [6, 6.07) is 20.5. The zero-order valence-corrected chi connectivity index (χ0v) is 23.6. The Kier molecular flexibility index (Phi) is 8.40. The molecule has 206 valence electrons. The van der Waals surface area contributed by atoms with Gasteiger partial charge in [0.15, 0.2) is 5.17 Å². The van der Waals surface area contributed by atoms with Crippen LogP contribution >= 0.6 is 11.8 Å². The van der Waals surface area contributed by atoms with E-state index < -0.39 is 6.04 Å². The lowest BCUT2D eigenvalue weighted by atomic mass is 9.92. The summed E-state index contributed by atoms with van der Waals surface area (Å²) in [7, 11) is 0. The monoisotopic (exact) mass is 556 g/mol. The van der Waals surface area contributed by atoms with E-state index in [1.807, 2.05) is 91.7 Å². The summed E-state index contributed by atoms with van der Waals surface area (Å²) in [5.41, 5.74) is 2.91. The summed E-state index contributed by atoms with van der Waals surface area (Å²) < 4.78 is 11.5. The van der Waals surface area contributed by atoms with Crippen molar-refractivity contribution in [2.75, 3.05) is 13.1 Å². The Bertz CT molecular complexity index is 1460. The van der Waals surface area contributed by atoms with Crippen LogP contribution in [-0.4, -0.2) is 39.9 Å². The average Bonchev–Trinajstić information content (AvgIpc) is 3.63. The molecule has 0 aliphatic carbocycles. The second-order valence-corrected chi connectivity index (χ2v) is 10.2. The first-order valence-electron chi connectivity index (χ1n) is 13.3. The Morgan fingerprint density at radius 1 is 1.05 bits per heavy atom. The summed E-state index contributed by atoms with van der Waals surface area (Å²) in [5.74, 6) is 1.86. The highest BCUT2D eigenvalue weighted by atomic mass is 32.2. The van der Waals surface area contributed by atoms with E-state index >= 15 is 0 Å². The third-order valence-electron chi connectivity index (χ3n) is 6.82. The number of amidine groups is 1. The minimum absolute atomic E-state index is 0.0665. The quantitative estimate of drug-likeness (QED) is 0.319. The molecule has 0 bridgehead atoms. The molecular formula is C31H32N4O4S. The van der Waals surface area contributed by atoms with E-state index in [2.05, 4.69) is 5.32 Å². The van der Waals surface area contributed by atoms with E-state index in [0.29, 0.717) is 42.4 Å². The summed E-state index contributed by atoms with van der Waals surface area (Å²) in [5, 5.41) is 5.60. The number of aliphatic imine (C=N–C) groups is 1. The minimum atomic E-state index is -0.473. The third kappa shape index (κ3) is 5.84. The zero-order chi connectivity index (χ0) is 28.1. The Labute approximate surface area is 238 Å². The lowest BCUT2D eigenvalue weighted by Gasteiger charge is -2.38. The highest BCUT2D eigenvalue weighted by Gasteiger charge is 2.41. The topological polar surface area (TPSA) is 87.4 Å². The molecule has 3 heterocycles. The number of hydrogen-bond acceptors (Lipinski definition) is 7. The second kappa shape index (κ2) is 12.3. The smallest absolute Gasteiger partial charge is 0.254 e. The van der Waals surface area contributed by atoms with Crippen molar-refractivity contribution < 1.29 is 18.7 Å². The number of amides is 2. The number of rotatable bonds is 10. The number of carbonyl (C=O) groups excluding carboxylic acids is 2. The predicted octanol–water partition coefficient (Wildman–Crippen LogP) is 6.22. The number of likely N-dealkylation sites (N-methyl/N-ethyl adjacent to an activating group) is 1. The van der Waals surface area contributed by atoms with Gasteiger partial charge in [0.25, 0.3) is 5.91 Å². The van der Waals surface area contributed by atoms with Gasteiger partial charge < -0.3 is 24.3 Å². The van der Waals surface area contributed by atoms with E-state index in [1.165, 1.54) is 11.8 Å². The normalized spacial score (nSPS) is 16.3. The van der Waals surface area contributed by atoms with Gasteiger partial charge in [0.2, 0.25) is 5.91 Å². The molecule has 1 aromatic heterocycles. The van der Waals surface area contributed by atoms with Crippen LogP contribution in [-0.2, 0) is 16.1 Å². The van der Waals surface area contributed by atoms with Gasteiger partial charge in [-0.25, -0.2) is 4.99 Å². The van der Waals surface area contributed by atoms with Crippen molar-refractivity contribution in [1.82, 2.24) is 15.1 Å². The van der Waals surface area contributed by atoms with Crippen LogP contribution in [0.25, 0.3) is 0 Å². The van der Waals surface area contributed by atoms with Crippen molar-refractivity contribution in [2.45, 2.75) is 39.8 Å². The summed E-state index contributed by atoms with van der Waals surface area (Å²) >= 11 is 1.46. The van der Waals surface area contributed by atoms with Gasteiger partial charge in [0, 0.05) is 18.8 Å². The fourth-order valence-electron chi connectivity index (χ4n) is 4.84. The number of allylic oxidation sites excluding steroid dienone is 1. The van der Waals surface area contributed by atoms with E-state index in [-0.39, 0.29) is 18.2 Å². The number of nitrogens with one attached hydrogen (secondary N) is 1. The summed E-state index contributed by atoms with van der Waals surface area (Å²) in [6.45, 7) is 7.29. The first-order chi connectivity index (χ1) is 19.5. The van der Waals surface area contributed by atoms with E-state index in [4.69, 9.17) is 14.1 Å². The van der Waals surface area contributed by atoms with E-state index in [0.717, 1.165) is 22.2 Å². The standard InChI is InChI=1S/C31H32N4O4S/c1-4-34(5-2)30(37)28-21(3)33-31-35(23(20-40-31)18-27(36)32-19-26-15-10-16-38-26)29(28)22-11-9-14-25(17-22)39-24-12-7-6-8-13-24/h6-17,20,29H,4-5,18-19H2,1-3H3,(H,32,36). The van der Waals surface area contributed by atoms with Gasteiger partial charge in [-0.05, 0) is 68.1 Å². The Balaban J connectivity index is 1.49. The maximum Gasteiger partial charge on any atom is 0.254 e. The fraction of sp³-hybridized carbons (Fsp3) is 0.258. The molecule has 0 fully saturated rings. The third-order valence-corrected chi connectivity index (χ3v) is 7.70. The van der Waals surface area contributed by atoms with Crippen LogP contribution in [0.3, 0.4) is 0 Å². The molecule has 2 amide bonds. The molecule has 3 aromatic rings. The predicted molar refractivity (Wildman–Crippen MR) is 156 cm³/mol. The average molecular weight is 557 g/mol. The number of para-hydroxylation sites is 1. The maximum absolute atomic E-state index is 13.9. The van der Waals surface area contributed by atoms with E-state index in [1.54, 1.807) is 17.2 Å². The number of thioether (sulfide) groups is 1. The highest BCUT2D eigenvalue weighted by Crippen LogP contribution is 2.45. The number of carbonyl (C=O) groups is 2. The number of nitrogens with zero attached hydrogens (tertiary/aromatic N) is 3. The maximum atomic E-state index is 13.9. The van der Waals surface area contributed by atoms with Gasteiger partial charge in [-0.2, -0.15) is 0 Å². The van der Waals surface area contributed by atoms with Crippen LogP contribution in [0.1, 0.15) is 44.6 Å². The SMILES string of the molecule is CCN(CC)C(=O)C1=C(C)N=C2SC=C(CC(=O)NCc3ccco3)N2C1c1cccc(Oc2ccccc2)c1. The van der Waals surface area contributed by atoms with Crippen LogP contribution in [0.2, 0.25) is 0 Å². The molecular weight excluding hydrogens is 524 g/mol. The lowest BCUT2D eigenvalue weighted by Crippen LogP contribution is -2.42. The van der Waals surface area contributed by atoms with Gasteiger partial charge in [0.05, 0.1) is 36.5 Å². The van der Waals surface area contributed by atoms with Crippen molar-refractivity contribution in [3.05, 3.63) is 107 Å². The van der Waals surface area contributed by atoms with Crippen LogP contribution in [0.15, 0.2) is 105 Å². The molecule has 1 N–H and O–H groups in total. The number of hydrogen-bond donors (Lipinski definition) is 1. The largest absolute Gasteiger partial charge is 0.467 e. The molecule has 40 heavy (non-hydrogen) atoms. The molecule has 9 heteroatoms. The van der Waals surface area contributed by atoms with Crippen molar-refractivity contribution >= 4 is 28.7 Å². The molecule has 0 spiro atoms. The zero-order valence-electron chi connectivity index (χ0n) is 22.8. The Hall–Kier alpha value is -4.24. The molecule has 2 aliphatic heterocycles.